The highest BCUT2D eigenvalue weighted by Gasteiger charge is 2.26. The molecule has 0 bridgehead atoms. The van der Waals surface area contributed by atoms with Gasteiger partial charge in [-0.25, -0.2) is 9.78 Å². The van der Waals surface area contributed by atoms with Crippen LogP contribution in [0.25, 0.3) is 21.3 Å². The van der Waals surface area contributed by atoms with Gasteiger partial charge in [-0.2, -0.15) is 0 Å². The number of esters is 1. The number of anilines is 1. The van der Waals surface area contributed by atoms with E-state index in [4.69, 9.17) is 4.74 Å². The highest BCUT2D eigenvalue weighted by atomic mass is 32.1. The fourth-order valence-electron chi connectivity index (χ4n) is 4.60. The van der Waals surface area contributed by atoms with Crippen LogP contribution in [0.1, 0.15) is 49.2 Å². The molecule has 5 rings (SSSR count). The molecule has 7 nitrogen and oxygen atoms in total. The SMILES string of the molecule is CCOC(=O)c1c(-c2ccc(C)cc2C)csc1NC(=O)c1sc2ncn(Cc3ccccc3)c(=O)c2c1C. The number of benzene rings is 2. The van der Waals surface area contributed by atoms with Gasteiger partial charge in [-0.05, 0) is 49.9 Å². The Hall–Kier alpha value is -4.08. The highest BCUT2D eigenvalue weighted by molar-refractivity contribution is 7.21. The van der Waals surface area contributed by atoms with Crippen molar-refractivity contribution in [1.82, 2.24) is 9.55 Å². The number of rotatable bonds is 7. The molecular formula is C30H27N3O4S2. The quantitative estimate of drug-likeness (QED) is 0.228. The van der Waals surface area contributed by atoms with Crippen LogP contribution in [0.15, 0.2) is 65.0 Å². The van der Waals surface area contributed by atoms with Gasteiger partial charge in [-0.3, -0.25) is 14.2 Å². The Balaban J connectivity index is 1.51. The first-order valence-corrected chi connectivity index (χ1v) is 14.2. The van der Waals surface area contributed by atoms with E-state index in [1.807, 2.05) is 61.7 Å². The molecule has 0 aliphatic rings. The maximum Gasteiger partial charge on any atom is 0.341 e. The van der Waals surface area contributed by atoms with E-state index >= 15 is 0 Å². The second-order valence-corrected chi connectivity index (χ2v) is 11.1. The average Bonchev–Trinajstić information content (AvgIpc) is 3.47. The number of carbonyl (C=O) groups excluding carboxylic acids is 2. The van der Waals surface area contributed by atoms with Gasteiger partial charge in [0.1, 0.15) is 15.4 Å². The largest absolute Gasteiger partial charge is 0.462 e. The van der Waals surface area contributed by atoms with Crippen LogP contribution in [0.5, 0.6) is 0 Å². The summed E-state index contributed by atoms with van der Waals surface area (Å²) in [5.41, 5.74) is 5.43. The number of thiophene rings is 2. The molecule has 39 heavy (non-hydrogen) atoms. The van der Waals surface area contributed by atoms with Crippen LogP contribution in [0.3, 0.4) is 0 Å². The maximum absolute atomic E-state index is 13.5. The Morgan fingerprint density at radius 1 is 1.05 bits per heavy atom. The van der Waals surface area contributed by atoms with E-state index in [9.17, 15) is 14.4 Å². The van der Waals surface area contributed by atoms with Gasteiger partial charge in [-0.15, -0.1) is 22.7 Å². The summed E-state index contributed by atoms with van der Waals surface area (Å²) in [5.74, 6) is -0.897. The number of aryl methyl sites for hydroxylation is 3. The minimum atomic E-state index is -0.498. The van der Waals surface area contributed by atoms with Gasteiger partial charge in [0.2, 0.25) is 0 Å². The number of fused-ring (bicyclic) bond motifs is 1. The maximum atomic E-state index is 13.5. The number of nitrogens with one attached hydrogen (secondary N) is 1. The lowest BCUT2D eigenvalue weighted by atomic mass is 9.97. The molecule has 0 radical (unpaired) electrons. The number of ether oxygens (including phenoxy) is 1. The van der Waals surface area contributed by atoms with Gasteiger partial charge < -0.3 is 10.1 Å². The van der Waals surface area contributed by atoms with Crippen molar-refractivity contribution in [2.45, 2.75) is 34.2 Å². The van der Waals surface area contributed by atoms with Gasteiger partial charge in [0, 0.05) is 10.9 Å². The van der Waals surface area contributed by atoms with Gasteiger partial charge in [0.05, 0.1) is 29.7 Å². The molecule has 0 fully saturated rings. The molecule has 3 heterocycles. The predicted octanol–water partition coefficient (Wildman–Crippen LogP) is 6.59. The lowest BCUT2D eigenvalue weighted by Gasteiger charge is -2.11. The van der Waals surface area contributed by atoms with Crippen LogP contribution in [-0.2, 0) is 11.3 Å². The van der Waals surface area contributed by atoms with E-state index in [1.165, 1.54) is 17.7 Å². The minimum Gasteiger partial charge on any atom is -0.462 e. The molecule has 1 amide bonds. The van der Waals surface area contributed by atoms with Gasteiger partial charge in [-0.1, -0.05) is 54.1 Å². The van der Waals surface area contributed by atoms with Crippen molar-refractivity contribution in [3.63, 3.8) is 0 Å². The summed E-state index contributed by atoms with van der Waals surface area (Å²) >= 11 is 2.44. The molecule has 9 heteroatoms. The molecular weight excluding hydrogens is 530 g/mol. The van der Waals surface area contributed by atoms with Gasteiger partial charge >= 0.3 is 5.97 Å². The summed E-state index contributed by atoms with van der Waals surface area (Å²) in [6.45, 7) is 8.11. The number of amides is 1. The minimum absolute atomic E-state index is 0.197. The highest BCUT2D eigenvalue weighted by Crippen LogP contribution is 2.38. The third-order valence-electron chi connectivity index (χ3n) is 6.49. The van der Waals surface area contributed by atoms with E-state index in [-0.39, 0.29) is 12.2 Å². The zero-order chi connectivity index (χ0) is 27.7. The summed E-state index contributed by atoms with van der Waals surface area (Å²) in [6.07, 6.45) is 1.52. The summed E-state index contributed by atoms with van der Waals surface area (Å²) in [7, 11) is 0. The number of carbonyl (C=O) groups is 2. The fourth-order valence-corrected chi connectivity index (χ4v) is 6.58. The molecule has 0 unspecified atom stereocenters. The molecule has 0 saturated carbocycles. The van der Waals surface area contributed by atoms with Crippen LogP contribution in [0, 0.1) is 20.8 Å². The van der Waals surface area contributed by atoms with Gasteiger partial charge in [0.25, 0.3) is 11.5 Å². The van der Waals surface area contributed by atoms with E-state index in [0.29, 0.717) is 43.3 Å². The van der Waals surface area contributed by atoms with E-state index in [1.54, 1.807) is 18.4 Å². The zero-order valence-electron chi connectivity index (χ0n) is 22.0. The molecule has 0 spiro atoms. The van der Waals surface area contributed by atoms with E-state index in [2.05, 4.69) is 16.4 Å². The van der Waals surface area contributed by atoms with E-state index in [0.717, 1.165) is 33.6 Å². The third-order valence-corrected chi connectivity index (χ3v) is 8.58. The smallest absolute Gasteiger partial charge is 0.341 e. The second kappa shape index (κ2) is 11.0. The molecule has 3 aromatic heterocycles. The molecule has 0 aliphatic carbocycles. The van der Waals surface area contributed by atoms with Crippen LogP contribution in [-0.4, -0.2) is 28.0 Å². The van der Waals surface area contributed by atoms with Crippen LogP contribution < -0.4 is 10.9 Å². The summed E-state index contributed by atoms with van der Waals surface area (Å²) < 4.78 is 6.90. The standard InChI is InChI=1S/C30H27N3O4S2/c1-5-37-30(36)24-22(21-12-11-17(2)13-18(21)3)15-38-28(24)32-26(34)25-19(4)23-27(39-25)31-16-33(29(23)35)14-20-9-7-6-8-10-20/h6-13,15-16H,5,14H2,1-4H3,(H,32,34). The fraction of sp³-hybridized carbons (Fsp3) is 0.200. The first-order chi connectivity index (χ1) is 18.8. The van der Waals surface area contributed by atoms with Crippen molar-refractivity contribution in [3.05, 3.63) is 103 Å². The van der Waals surface area contributed by atoms with Crippen molar-refractivity contribution in [3.8, 4) is 11.1 Å². The lowest BCUT2D eigenvalue weighted by molar-refractivity contribution is 0.0529. The lowest BCUT2D eigenvalue weighted by Crippen LogP contribution is -2.21. The molecule has 0 atom stereocenters. The molecule has 2 aromatic carbocycles. The van der Waals surface area contributed by atoms with Crippen LogP contribution in [0.4, 0.5) is 5.00 Å². The van der Waals surface area contributed by atoms with Crippen LogP contribution >= 0.6 is 22.7 Å². The predicted molar refractivity (Wildman–Crippen MR) is 157 cm³/mol. The van der Waals surface area contributed by atoms with Crippen molar-refractivity contribution in [1.29, 1.82) is 0 Å². The zero-order valence-corrected chi connectivity index (χ0v) is 23.7. The first kappa shape index (κ1) is 26.5. The van der Waals surface area contributed by atoms with Crippen molar-refractivity contribution in [2.24, 2.45) is 0 Å². The van der Waals surface area contributed by atoms with E-state index < -0.39 is 11.9 Å². The molecule has 0 saturated heterocycles. The van der Waals surface area contributed by atoms with Crippen LogP contribution in [0.2, 0.25) is 0 Å². The van der Waals surface area contributed by atoms with Crippen molar-refractivity contribution in [2.75, 3.05) is 11.9 Å². The Bertz CT molecular complexity index is 1770. The number of nitrogens with zero attached hydrogens (tertiary/aromatic N) is 2. The third kappa shape index (κ3) is 5.15. The Morgan fingerprint density at radius 3 is 2.54 bits per heavy atom. The topological polar surface area (TPSA) is 90.3 Å². The Labute approximate surface area is 233 Å². The summed E-state index contributed by atoms with van der Waals surface area (Å²) in [6, 6.07) is 15.7. The number of hydrogen-bond acceptors (Lipinski definition) is 7. The number of hydrogen-bond donors (Lipinski definition) is 1. The summed E-state index contributed by atoms with van der Waals surface area (Å²) in [4.78, 5) is 45.2. The number of aromatic nitrogens is 2. The summed E-state index contributed by atoms with van der Waals surface area (Å²) in [5, 5.41) is 5.61. The molecule has 198 valence electrons. The Kier molecular flexibility index (Phi) is 7.45. The monoisotopic (exact) mass is 557 g/mol. The molecule has 0 aliphatic heterocycles. The normalized spacial score (nSPS) is 11.1. The van der Waals surface area contributed by atoms with Crippen molar-refractivity contribution < 1.29 is 14.3 Å². The molecule has 1 N–H and O–H groups in total. The van der Waals surface area contributed by atoms with Gasteiger partial charge in [0.15, 0.2) is 0 Å². The average molecular weight is 558 g/mol. The van der Waals surface area contributed by atoms with Crippen molar-refractivity contribution >= 4 is 49.8 Å². The second-order valence-electron chi connectivity index (χ2n) is 9.25. The first-order valence-electron chi connectivity index (χ1n) is 12.5. The molecule has 5 aromatic rings. The Morgan fingerprint density at radius 2 is 1.82 bits per heavy atom.